The molecule has 1 unspecified atom stereocenters. The molecule has 3 N–H and O–H groups in total. The minimum Gasteiger partial charge on any atom is -0.497 e. The zero-order valence-electron chi connectivity index (χ0n) is 17.5. The second-order valence-electron chi connectivity index (χ2n) is 6.47. The molecule has 0 radical (unpaired) electrons. The number of guanidine groups is 1. The van der Waals surface area contributed by atoms with E-state index in [1.165, 1.54) is 0 Å². The molecule has 7 heteroatoms. The van der Waals surface area contributed by atoms with Crippen molar-refractivity contribution in [3.8, 4) is 11.5 Å². The van der Waals surface area contributed by atoms with Gasteiger partial charge < -0.3 is 25.4 Å². The standard InChI is InChI=1S/C22H30N4O3/c1-5-24-21(27)18-11-9-17(10-12-18)15-26-22(23-3)25-14-16(2)29-20-8-6-7-19(13-20)28-4/h6-13,16H,5,14-15H2,1-4H3,(H,24,27)(H2,23,25,26). The number of rotatable bonds is 9. The lowest BCUT2D eigenvalue weighted by atomic mass is 10.1. The summed E-state index contributed by atoms with van der Waals surface area (Å²) < 4.78 is 11.1. The summed E-state index contributed by atoms with van der Waals surface area (Å²) in [6, 6.07) is 15.0. The Balaban J connectivity index is 1.79. The van der Waals surface area contributed by atoms with Crippen molar-refractivity contribution in [2.75, 3.05) is 27.2 Å². The van der Waals surface area contributed by atoms with Crippen LogP contribution in [0.4, 0.5) is 0 Å². The lowest BCUT2D eigenvalue weighted by Gasteiger charge is -2.18. The average molecular weight is 399 g/mol. The normalized spacial score (nSPS) is 12.1. The van der Waals surface area contributed by atoms with Gasteiger partial charge in [0.2, 0.25) is 0 Å². The Morgan fingerprint density at radius 1 is 1.07 bits per heavy atom. The minimum atomic E-state index is -0.0606. The second kappa shape index (κ2) is 11.6. The number of hydrogen-bond donors (Lipinski definition) is 3. The number of aliphatic imine (C=N–C) groups is 1. The molecule has 0 aliphatic heterocycles. The van der Waals surface area contributed by atoms with Gasteiger partial charge in [0.15, 0.2) is 5.96 Å². The van der Waals surface area contributed by atoms with Gasteiger partial charge in [0.05, 0.1) is 13.7 Å². The summed E-state index contributed by atoms with van der Waals surface area (Å²) >= 11 is 0. The fourth-order valence-corrected chi connectivity index (χ4v) is 2.63. The topological polar surface area (TPSA) is 84.0 Å². The second-order valence-corrected chi connectivity index (χ2v) is 6.47. The zero-order chi connectivity index (χ0) is 21.1. The maximum atomic E-state index is 11.8. The molecule has 156 valence electrons. The van der Waals surface area contributed by atoms with E-state index in [1.54, 1.807) is 14.2 Å². The SMILES string of the molecule is CCNC(=O)c1ccc(CNC(=NC)NCC(C)Oc2cccc(OC)c2)cc1. The molecule has 0 aromatic heterocycles. The Morgan fingerprint density at radius 2 is 1.79 bits per heavy atom. The molecule has 2 aromatic carbocycles. The van der Waals surface area contributed by atoms with Crippen molar-refractivity contribution in [1.29, 1.82) is 0 Å². The molecule has 1 atom stereocenters. The first-order valence-electron chi connectivity index (χ1n) is 9.68. The molecule has 1 amide bonds. The van der Waals surface area contributed by atoms with E-state index in [9.17, 15) is 4.79 Å². The van der Waals surface area contributed by atoms with Crippen molar-refractivity contribution in [1.82, 2.24) is 16.0 Å². The van der Waals surface area contributed by atoms with E-state index in [0.29, 0.717) is 31.2 Å². The highest BCUT2D eigenvalue weighted by Gasteiger charge is 2.07. The molecule has 0 heterocycles. The van der Waals surface area contributed by atoms with E-state index >= 15 is 0 Å². The van der Waals surface area contributed by atoms with Crippen LogP contribution in [0.1, 0.15) is 29.8 Å². The van der Waals surface area contributed by atoms with Gasteiger partial charge in [-0.25, -0.2) is 0 Å². The molecule has 0 bridgehead atoms. The van der Waals surface area contributed by atoms with Crippen LogP contribution in [0, 0.1) is 0 Å². The summed E-state index contributed by atoms with van der Waals surface area (Å²) in [5.74, 6) is 2.14. The smallest absolute Gasteiger partial charge is 0.251 e. The highest BCUT2D eigenvalue weighted by atomic mass is 16.5. The van der Waals surface area contributed by atoms with Gasteiger partial charge in [-0.15, -0.1) is 0 Å². The number of nitrogens with one attached hydrogen (secondary N) is 3. The summed E-state index contributed by atoms with van der Waals surface area (Å²) in [4.78, 5) is 16.0. The van der Waals surface area contributed by atoms with Crippen molar-refractivity contribution in [3.63, 3.8) is 0 Å². The maximum absolute atomic E-state index is 11.8. The summed E-state index contributed by atoms with van der Waals surface area (Å²) in [5, 5.41) is 9.30. The Hall–Kier alpha value is -3.22. The summed E-state index contributed by atoms with van der Waals surface area (Å²) in [5.41, 5.74) is 1.71. The summed E-state index contributed by atoms with van der Waals surface area (Å²) in [6.07, 6.45) is -0.0583. The molecule has 0 spiro atoms. The first kappa shape index (κ1) is 22.1. The molecule has 29 heavy (non-hydrogen) atoms. The van der Waals surface area contributed by atoms with Gasteiger partial charge in [0.1, 0.15) is 17.6 Å². The minimum absolute atomic E-state index is 0.0583. The molecular weight excluding hydrogens is 368 g/mol. The molecule has 0 saturated carbocycles. The third-order valence-corrected chi connectivity index (χ3v) is 4.17. The lowest BCUT2D eigenvalue weighted by Crippen LogP contribution is -2.41. The third-order valence-electron chi connectivity index (χ3n) is 4.17. The highest BCUT2D eigenvalue weighted by molar-refractivity contribution is 5.94. The van der Waals surface area contributed by atoms with Crippen molar-refractivity contribution < 1.29 is 14.3 Å². The number of nitrogens with zero attached hydrogens (tertiary/aromatic N) is 1. The monoisotopic (exact) mass is 398 g/mol. The molecule has 0 aliphatic rings. The van der Waals surface area contributed by atoms with Crippen LogP contribution >= 0.6 is 0 Å². The van der Waals surface area contributed by atoms with Crippen LogP contribution < -0.4 is 25.4 Å². The van der Waals surface area contributed by atoms with E-state index in [-0.39, 0.29) is 12.0 Å². The first-order chi connectivity index (χ1) is 14.0. The van der Waals surface area contributed by atoms with Crippen LogP contribution in [-0.2, 0) is 6.54 Å². The van der Waals surface area contributed by atoms with Crippen LogP contribution in [0.5, 0.6) is 11.5 Å². The number of benzene rings is 2. The average Bonchev–Trinajstić information content (AvgIpc) is 2.74. The predicted molar refractivity (Wildman–Crippen MR) is 116 cm³/mol. The highest BCUT2D eigenvalue weighted by Crippen LogP contribution is 2.19. The lowest BCUT2D eigenvalue weighted by molar-refractivity contribution is 0.0956. The molecule has 7 nitrogen and oxygen atoms in total. The van der Waals surface area contributed by atoms with Gasteiger partial charge >= 0.3 is 0 Å². The predicted octanol–water partition coefficient (Wildman–Crippen LogP) is 2.58. The van der Waals surface area contributed by atoms with Crippen LogP contribution in [-0.4, -0.2) is 45.2 Å². The molecule has 2 rings (SSSR count). The Morgan fingerprint density at radius 3 is 2.45 bits per heavy atom. The Kier molecular flexibility index (Phi) is 8.82. The fraction of sp³-hybridized carbons (Fsp3) is 0.364. The number of ether oxygens (including phenoxy) is 2. The van der Waals surface area contributed by atoms with E-state index in [4.69, 9.17) is 9.47 Å². The maximum Gasteiger partial charge on any atom is 0.251 e. The molecule has 0 saturated heterocycles. The third kappa shape index (κ3) is 7.37. The van der Waals surface area contributed by atoms with Crippen LogP contribution in [0.3, 0.4) is 0 Å². The summed E-state index contributed by atoms with van der Waals surface area (Å²) in [7, 11) is 3.36. The van der Waals surface area contributed by atoms with Gasteiger partial charge in [0.25, 0.3) is 5.91 Å². The van der Waals surface area contributed by atoms with E-state index < -0.39 is 0 Å². The van der Waals surface area contributed by atoms with Gasteiger partial charge in [-0.2, -0.15) is 0 Å². The number of carbonyl (C=O) groups is 1. The molecule has 2 aromatic rings. The van der Waals surface area contributed by atoms with Gasteiger partial charge in [-0.3, -0.25) is 9.79 Å². The Bertz CT molecular complexity index is 806. The number of amides is 1. The van der Waals surface area contributed by atoms with Gasteiger partial charge in [-0.05, 0) is 43.7 Å². The van der Waals surface area contributed by atoms with Crippen molar-refractivity contribution in [2.24, 2.45) is 4.99 Å². The number of carbonyl (C=O) groups excluding carboxylic acids is 1. The van der Waals surface area contributed by atoms with E-state index in [0.717, 1.165) is 17.1 Å². The first-order valence-corrected chi connectivity index (χ1v) is 9.68. The van der Waals surface area contributed by atoms with Crippen molar-refractivity contribution in [3.05, 3.63) is 59.7 Å². The van der Waals surface area contributed by atoms with E-state index in [2.05, 4.69) is 20.9 Å². The zero-order valence-corrected chi connectivity index (χ0v) is 17.5. The Labute approximate surface area is 172 Å². The van der Waals surface area contributed by atoms with Gasteiger partial charge in [-0.1, -0.05) is 18.2 Å². The van der Waals surface area contributed by atoms with Crippen molar-refractivity contribution in [2.45, 2.75) is 26.5 Å². The van der Waals surface area contributed by atoms with Crippen LogP contribution in [0.2, 0.25) is 0 Å². The summed E-state index contributed by atoms with van der Waals surface area (Å²) in [6.45, 7) is 5.69. The molecular formula is C22H30N4O3. The molecule has 0 aliphatic carbocycles. The fourth-order valence-electron chi connectivity index (χ4n) is 2.63. The largest absolute Gasteiger partial charge is 0.497 e. The molecule has 0 fully saturated rings. The van der Waals surface area contributed by atoms with Crippen LogP contribution in [0.15, 0.2) is 53.5 Å². The number of hydrogen-bond acceptors (Lipinski definition) is 4. The number of methoxy groups -OCH3 is 1. The van der Waals surface area contributed by atoms with Crippen molar-refractivity contribution >= 4 is 11.9 Å². The van der Waals surface area contributed by atoms with Gasteiger partial charge in [0, 0.05) is 31.8 Å². The van der Waals surface area contributed by atoms with Crippen LogP contribution in [0.25, 0.3) is 0 Å². The quantitative estimate of drug-likeness (QED) is 0.447. The van der Waals surface area contributed by atoms with E-state index in [1.807, 2.05) is 62.4 Å².